The Kier molecular flexibility index (Phi) is 15.8. The summed E-state index contributed by atoms with van der Waals surface area (Å²) in [6.07, 6.45) is 0.100. The van der Waals surface area contributed by atoms with E-state index in [9.17, 15) is 23.1 Å². The molecule has 0 saturated carbocycles. The Morgan fingerprint density at radius 3 is 2.20 bits per heavy atom. The molecule has 0 aliphatic heterocycles. The molecular formula is C32H50N4O7S. The highest BCUT2D eigenvalue weighted by Gasteiger charge is 2.34. The lowest BCUT2D eigenvalue weighted by atomic mass is 9.96. The van der Waals surface area contributed by atoms with Crippen LogP contribution in [0.15, 0.2) is 59.5 Å². The number of amides is 2. The average Bonchev–Trinajstić information content (AvgIpc) is 3.01. The van der Waals surface area contributed by atoms with Crippen LogP contribution in [0.5, 0.6) is 5.75 Å². The molecule has 2 aromatic carbocycles. The molecule has 2 aromatic rings. The molecule has 0 aliphatic carbocycles. The zero-order chi connectivity index (χ0) is 32.7. The van der Waals surface area contributed by atoms with Crippen LogP contribution in [-0.2, 0) is 26.0 Å². The highest BCUT2D eigenvalue weighted by molar-refractivity contribution is 7.89. The van der Waals surface area contributed by atoms with E-state index in [-0.39, 0.29) is 55.3 Å². The number of nitrogens with zero attached hydrogens (tertiary/aromatic N) is 1. The lowest BCUT2D eigenvalue weighted by Gasteiger charge is -2.32. The van der Waals surface area contributed by atoms with E-state index in [0.29, 0.717) is 25.1 Å². The van der Waals surface area contributed by atoms with Gasteiger partial charge < -0.3 is 30.9 Å². The van der Waals surface area contributed by atoms with Crippen LogP contribution in [0.2, 0.25) is 0 Å². The number of sulfonamides is 1. The van der Waals surface area contributed by atoms with Gasteiger partial charge in [0.1, 0.15) is 11.8 Å². The minimum absolute atomic E-state index is 0.00758. The van der Waals surface area contributed by atoms with E-state index in [1.165, 1.54) is 23.5 Å². The highest BCUT2D eigenvalue weighted by Crippen LogP contribution is 2.22. The van der Waals surface area contributed by atoms with Crippen molar-refractivity contribution >= 4 is 21.8 Å². The molecule has 0 saturated heterocycles. The summed E-state index contributed by atoms with van der Waals surface area (Å²) in [7, 11) is -2.49. The van der Waals surface area contributed by atoms with Gasteiger partial charge in [0.2, 0.25) is 21.8 Å². The number of methoxy groups -OCH3 is 1. The number of carbonyl (C=O) groups is 2. The molecule has 12 heteroatoms. The summed E-state index contributed by atoms with van der Waals surface area (Å²) in [5, 5.41) is 29.2. The van der Waals surface area contributed by atoms with Gasteiger partial charge >= 0.3 is 0 Å². The van der Waals surface area contributed by atoms with Gasteiger partial charge in [-0.15, -0.1) is 0 Å². The first-order chi connectivity index (χ1) is 20.9. The van der Waals surface area contributed by atoms with Crippen molar-refractivity contribution in [1.29, 1.82) is 0 Å². The van der Waals surface area contributed by atoms with Crippen LogP contribution in [0.1, 0.15) is 46.1 Å². The van der Waals surface area contributed by atoms with E-state index in [2.05, 4.69) is 16.0 Å². The largest absolute Gasteiger partial charge is 0.497 e. The number of ether oxygens (including phenoxy) is 1. The SMILES string of the molecule is CCC(C)[C@H](NC(=O)CNCCCO)C(=O)N[C@@H](Cc1ccccc1)[C@H](O)CN(CC(C)C)S(=O)(=O)c1ccc(OC)cc1. The van der Waals surface area contributed by atoms with Gasteiger partial charge in [-0.2, -0.15) is 4.31 Å². The van der Waals surface area contributed by atoms with Crippen molar-refractivity contribution in [2.45, 2.75) is 70.0 Å². The summed E-state index contributed by atoms with van der Waals surface area (Å²) >= 11 is 0. The van der Waals surface area contributed by atoms with Crippen LogP contribution in [-0.4, -0.2) is 92.8 Å². The normalized spacial score (nSPS) is 14.6. The second-order valence-electron chi connectivity index (χ2n) is 11.4. The van der Waals surface area contributed by atoms with Crippen LogP contribution >= 0.6 is 0 Å². The lowest BCUT2D eigenvalue weighted by molar-refractivity contribution is -0.130. The Morgan fingerprint density at radius 2 is 1.64 bits per heavy atom. The van der Waals surface area contributed by atoms with Gasteiger partial charge in [-0.3, -0.25) is 9.59 Å². The van der Waals surface area contributed by atoms with Crippen molar-refractivity contribution in [1.82, 2.24) is 20.3 Å². The van der Waals surface area contributed by atoms with E-state index in [1.54, 1.807) is 12.1 Å². The van der Waals surface area contributed by atoms with Crippen molar-refractivity contribution in [3.63, 3.8) is 0 Å². The molecule has 0 radical (unpaired) electrons. The number of benzene rings is 2. The average molecular weight is 635 g/mol. The maximum atomic E-state index is 13.7. The van der Waals surface area contributed by atoms with E-state index in [4.69, 9.17) is 9.84 Å². The molecule has 5 N–H and O–H groups in total. The molecule has 1 unspecified atom stereocenters. The molecule has 0 aromatic heterocycles. The molecule has 44 heavy (non-hydrogen) atoms. The van der Waals surface area contributed by atoms with Gasteiger partial charge in [0.05, 0.1) is 30.7 Å². The predicted molar refractivity (Wildman–Crippen MR) is 171 cm³/mol. The molecule has 246 valence electrons. The second kappa shape index (κ2) is 18.7. The van der Waals surface area contributed by atoms with E-state index < -0.39 is 34.1 Å². The molecule has 0 heterocycles. The summed E-state index contributed by atoms with van der Waals surface area (Å²) in [6, 6.07) is 13.7. The predicted octanol–water partition coefficient (Wildman–Crippen LogP) is 1.93. The molecular weight excluding hydrogens is 584 g/mol. The lowest BCUT2D eigenvalue weighted by Crippen LogP contribution is -2.57. The molecule has 0 aliphatic rings. The third-order valence-electron chi connectivity index (χ3n) is 7.36. The van der Waals surface area contributed by atoms with Crippen LogP contribution in [0, 0.1) is 11.8 Å². The van der Waals surface area contributed by atoms with Crippen molar-refractivity contribution in [3.05, 3.63) is 60.2 Å². The van der Waals surface area contributed by atoms with Crippen LogP contribution < -0.4 is 20.7 Å². The summed E-state index contributed by atoms with van der Waals surface area (Å²) < 4.78 is 33.8. The van der Waals surface area contributed by atoms with Crippen LogP contribution in [0.25, 0.3) is 0 Å². The van der Waals surface area contributed by atoms with Crippen LogP contribution in [0.4, 0.5) is 0 Å². The fourth-order valence-electron chi connectivity index (χ4n) is 4.67. The van der Waals surface area contributed by atoms with Crippen molar-refractivity contribution in [2.75, 3.05) is 39.9 Å². The Bertz CT molecular complexity index is 1240. The van der Waals surface area contributed by atoms with Gasteiger partial charge in [-0.25, -0.2) is 8.42 Å². The zero-order valence-corrected chi connectivity index (χ0v) is 27.3. The topological polar surface area (TPSA) is 157 Å². The minimum Gasteiger partial charge on any atom is -0.497 e. The van der Waals surface area contributed by atoms with Crippen molar-refractivity contribution in [2.24, 2.45) is 11.8 Å². The van der Waals surface area contributed by atoms with Crippen molar-refractivity contribution in [3.8, 4) is 5.75 Å². The molecule has 2 rings (SSSR count). The molecule has 0 spiro atoms. The number of hydrogen-bond donors (Lipinski definition) is 5. The van der Waals surface area contributed by atoms with Gasteiger partial charge in [0, 0.05) is 19.7 Å². The smallest absolute Gasteiger partial charge is 0.243 e. The fraction of sp³-hybridized carbons (Fsp3) is 0.562. The summed E-state index contributed by atoms with van der Waals surface area (Å²) in [4.78, 5) is 26.4. The first kappa shape index (κ1) is 37.2. The van der Waals surface area contributed by atoms with Gasteiger partial charge in [0.25, 0.3) is 0 Å². The standard InChI is InChI=1S/C32H50N4O7S/c1-6-24(4)31(35-30(39)20-33-17-10-18-37)32(40)34-28(19-25-11-8-7-9-12-25)29(38)22-36(21-23(2)3)44(41,42)27-15-13-26(43-5)14-16-27/h7-9,11-16,23-24,28-29,31,33,37-38H,6,10,17-22H2,1-5H3,(H,34,40)(H,35,39)/t24?,28-,29+,31-/m0/s1. The zero-order valence-electron chi connectivity index (χ0n) is 26.5. The molecule has 4 atom stereocenters. The molecule has 2 amide bonds. The second-order valence-corrected chi connectivity index (χ2v) is 13.4. The summed E-state index contributed by atoms with van der Waals surface area (Å²) in [5.74, 6) is -0.546. The molecule has 0 bridgehead atoms. The minimum atomic E-state index is -3.99. The number of hydrogen-bond acceptors (Lipinski definition) is 8. The maximum Gasteiger partial charge on any atom is 0.243 e. The Hall–Kier alpha value is -3.03. The molecule has 11 nitrogen and oxygen atoms in total. The third kappa shape index (κ3) is 11.8. The number of rotatable bonds is 20. The third-order valence-corrected chi connectivity index (χ3v) is 9.20. The fourth-order valence-corrected chi connectivity index (χ4v) is 6.29. The quantitative estimate of drug-likeness (QED) is 0.138. The van der Waals surface area contributed by atoms with Gasteiger partial charge in [0.15, 0.2) is 0 Å². The summed E-state index contributed by atoms with van der Waals surface area (Å²) in [5.41, 5.74) is 0.850. The Balaban J connectivity index is 2.33. The first-order valence-corrected chi connectivity index (χ1v) is 16.6. The van der Waals surface area contributed by atoms with E-state index in [0.717, 1.165) is 5.56 Å². The van der Waals surface area contributed by atoms with Crippen LogP contribution in [0.3, 0.4) is 0 Å². The number of aliphatic hydroxyl groups excluding tert-OH is 2. The Morgan fingerprint density at radius 1 is 0.977 bits per heavy atom. The number of carbonyl (C=O) groups excluding carboxylic acids is 2. The number of aliphatic hydroxyl groups is 2. The monoisotopic (exact) mass is 634 g/mol. The number of nitrogens with one attached hydrogen (secondary N) is 3. The maximum absolute atomic E-state index is 13.7. The first-order valence-electron chi connectivity index (χ1n) is 15.2. The van der Waals surface area contributed by atoms with E-state index >= 15 is 0 Å². The van der Waals surface area contributed by atoms with E-state index in [1.807, 2.05) is 58.0 Å². The van der Waals surface area contributed by atoms with Gasteiger partial charge in [-0.05, 0) is 61.1 Å². The highest BCUT2D eigenvalue weighted by atomic mass is 32.2. The Labute approximate surface area is 262 Å². The van der Waals surface area contributed by atoms with Crippen molar-refractivity contribution < 1.29 is 33.0 Å². The van der Waals surface area contributed by atoms with Gasteiger partial charge in [-0.1, -0.05) is 64.4 Å². The molecule has 0 fully saturated rings. The summed E-state index contributed by atoms with van der Waals surface area (Å²) in [6.45, 7) is 7.93.